The highest BCUT2D eigenvalue weighted by Crippen LogP contribution is 2.60. The normalized spacial score (nSPS) is 14.1. The minimum atomic E-state index is -0.187. The molecule has 68 heavy (non-hydrogen) atoms. The molecule has 2 aromatic heterocycles. The van der Waals surface area contributed by atoms with Crippen molar-refractivity contribution in [3.63, 3.8) is 0 Å². The Balaban J connectivity index is 1.12. The van der Waals surface area contributed by atoms with Gasteiger partial charge in [0, 0.05) is 38.4 Å². The molecule has 2 aliphatic carbocycles. The number of furan rings is 2. The van der Waals surface area contributed by atoms with Crippen LogP contribution in [0.1, 0.15) is 75.6 Å². The lowest BCUT2D eigenvalue weighted by molar-refractivity contribution is 0.491. The Morgan fingerprint density at radius 2 is 0.779 bits per heavy atom. The standard InChI is InChI=1S/C64H52N2O2/c1-5-63(6-2)50-31-13-9-24-43(50)46-28-18-34-53(60(46)63)65(52-33-21-39-58-59(52)49-27-12-16-38-57(49)67-58)41-22-17-23-42(40-41)66(55-36-20-30-48-45-26-11-15-37-56(45)68-62(48)55)54-35-19-29-47-44-25-10-14-32-51(44)64(7-3,8-4)61(47)54/h9-40H,5-8H2,1-4H3. The lowest BCUT2D eigenvalue weighted by Crippen LogP contribution is -2.26. The summed E-state index contributed by atoms with van der Waals surface area (Å²) in [6.45, 7) is 9.44. The molecular formula is C64H52N2O2. The quantitative estimate of drug-likeness (QED) is 0.137. The number of fused-ring (bicyclic) bond motifs is 12. The van der Waals surface area contributed by atoms with Crippen LogP contribution in [0, 0.1) is 0 Å². The monoisotopic (exact) mass is 880 g/mol. The van der Waals surface area contributed by atoms with Crippen molar-refractivity contribution in [2.75, 3.05) is 9.80 Å². The highest BCUT2D eigenvalue weighted by atomic mass is 16.3. The molecule has 0 fully saturated rings. The predicted octanol–water partition coefficient (Wildman–Crippen LogP) is 18.6. The summed E-state index contributed by atoms with van der Waals surface area (Å²) in [4.78, 5) is 5.03. The second kappa shape index (κ2) is 15.4. The van der Waals surface area contributed by atoms with Gasteiger partial charge in [-0.05, 0) is 131 Å². The van der Waals surface area contributed by atoms with Crippen LogP contribution >= 0.6 is 0 Å². The minimum Gasteiger partial charge on any atom is -0.456 e. The Hall–Kier alpha value is -7.82. The zero-order valence-electron chi connectivity index (χ0n) is 39.0. The van der Waals surface area contributed by atoms with Crippen LogP contribution in [0.5, 0.6) is 0 Å². The van der Waals surface area contributed by atoms with Gasteiger partial charge in [-0.1, -0.05) is 161 Å². The number of hydrogen-bond donors (Lipinski definition) is 0. The summed E-state index contributed by atoms with van der Waals surface area (Å²) in [7, 11) is 0. The fourth-order valence-electron chi connectivity index (χ4n) is 12.9. The van der Waals surface area contributed by atoms with Gasteiger partial charge in [-0.25, -0.2) is 0 Å². The van der Waals surface area contributed by atoms with Crippen LogP contribution in [-0.4, -0.2) is 0 Å². The van der Waals surface area contributed by atoms with Gasteiger partial charge in [-0.2, -0.15) is 0 Å². The Morgan fingerprint density at radius 1 is 0.353 bits per heavy atom. The van der Waals surface area contributed by atoms with E-state index in [0.29, 0.717) is 0 Å². The van der Waals surface area contributed by atoms with Crippen molar-refractivity contribution >= 4 is 78.0 Å². The largest absolute Gasteiger partial charge is 0.456 e. The van der Waals surface area contributed by atoms with E-state index in [0.717, 1.165) is 98.0 Å². The van der Waals surface area contributed by atoms with E-state index in [4.69, 9.17) is 8.83 Å². The van der Waals surface area contributed by atoms with E-state index in [1.807, 2.05) is 0 Å². The molecule has 0 bridgehead atoms. The highest BCUT2D eigenvalue weighted by Gasteiger charge is 2.45. The number of rotatable bonds is 10. The van der Waals surface area contributed by atoms with Gasteiger partial charge in [0.15, 0.2) is 5.58 Å². The van der Waals surface area contributed by atoms with Crippen LogP contribution in [-0.2, 0) is 10.8 Å². The van der Waals surface area contributed by atoms with Crippen molar-refractivity contribution in [2.24, 2.45) is 0 Å². The number of anilines is 6. The van der Waals surface area contributed by atoms with Crippen molar-refractivity contribution in [1.29, 1.82) is 0 Å². The van der Waals surface area contributed by atoms with E-state index in [1.54, 1.807) is 0 Å². The fourth-order valence-corrected chi connectivity index (χ4v) is 12.9. The van der Waals surface area contributed by atoms with Crippen LogP contribution in [0.4, 0.5) is 34.1 Å². The first-order valence-electron chi connectivity index (χ1n) is 24.5. The van der Waals surface area contributed by atoms with Gasteiger partial charge in [0.2, 0.25) is 0 Å². The van der Waals surface area contributed by atoms with Gasteiger partial charge >= 0.3 is 0 Å². The maximum atomic E-state index is 6.96. The first-order chi connectivity index (χ1) is 33.5. The lowest BCUT2D eigenvalue weighted by atomic mass is 9.73. The van der Waals surface area contributed by atoms with Crippen LogP contribution in [0.2, 0.25) is 0 Å². The summed E-state index contributed by atoms with van der Waals surface area (Å²) in [5, 5.41) is 4.40. The minimum absolute atomic E-state index is 0.184. The molecule has 0 radical (unpaired) electrons. The van der Waals surface area contributed by atoms with Crippen molar-refractivity contribution < 1.29 is 8.83 Å². The zero-order valence-corrected chi connectivity index (χ0v) is 39.0. The molecule has 2 aliphatic rings. The molecule has 0 saturated heterocycles. The summed E-state index contributed by atoms with van der Waals surface area (Å²) in [6, 6.07) is 71.3. The van der Waals surface area contributed by atoms with Crippen LogP contribution in [0.25, 0.3) is 66.1 Å². The molecule has 13 rings (SSSR count). The van der Waals surface area contributed by atoms with Gasteiger partial charge in [0.05, 0.1) is 28.1 Å². The number of hydrogen-bond acceptors (Lipinski definition) is 4. The molecule has 4 heteroatoms. The molecule has 11 aromatic rings. The average molecular weight is 881 g/mol. The first-order valence-corrected chi connectivity index (χ1v) is 24.5. The van der Waals surface area contributed by atoms with Crippen molar-refractivity contribution in [3.8, 4) is 22.3 Å². The molecular weight excluding hydrogens is 829 g/mol. The van der Waals surface area contributed by atoms with E-state index in [2.05, 4.69) is 232 Å². The third-order valence-corrected chi connectivity index (χ3v) is 16.0. The van der Waals surface area contributed by atoms with E-state index in [-0.39, 0.29) is 10.8 Å². The topological polar surface area (TPSA) is 32.8 Å². The fraction of sp³-hybridized carbons (Fsp3) is 0.156. The van der Waals surface area contributed by atoms with Crippen molar-refractivity contribution in [2.45, 2.75) is 64.2 Å². The summed E-state index contributed by atoms with van der Waals surface area (Å²) >= 11 is 0. The molecule has 0 atom stereocenters. The van der Waals surface area contributed by atoms with Gasteiger partial charge in [-0.15, -0.1) is 0 Å². The molecule has 9 aromatic carbocycles. The average Bonchev–Trinajstić information content (AvgIpc) is 4.13. The van der Waals surface area contributed by atoms with Crippen LogP contribution < -0.4 is 9.80 Å². The molecule has 0 N–H and O–H groups in total. The van der Waals surface area contributed by atoms with Crippen molar-refractivity contribution in [1.82, 2.24) is 0 Å². The van der Waals surface area contributed by atoms with Crippen LogP contribution in [0.3, 0.4) is 0 Å². The van der Waals surface area contributed by atoms with Gasteiger partial charge in [0.1, 0.15) is 16.7 Å². The van der Waals surface area contributed by atoms with Crippen LogP contribution in [0.15, 0.2) is 203 Å². The van der Waals surface area contributed by atoms with Gasteiger partial charge < -0.3 is 18.6 Å². The summed E-state index contributed by atoms with van der Waals surface area (Å²) in [5.74, 6) is 0. The predicted molar refractivity (Wildman–Crippen MR) is 284 cm³/mol. The van der Waals surface area contributed by atoms with E-state index in [1.165, 1.54) is 50.2 Å². The second-order valence-corrected chi connectivity index (χ2v) is 18.8. The highest BCUT2D eigenvalue weighted by molar-refractivity contribution is 6.14. The van der Waals surface area contributed by atoms with Crippen molar-refractivity contribution in [3.05, 3.63) is 216 Å². The zero-order chi connectivity index (χ0) is 45.7. The Bertz CT molecular complexity index is 3790. The number of nitrogens with zero attached hydrogens (tertiary/aromatic N) is 2. The third kappa shape index (κ3) is 5.49. The molecule has 0 aliphatic heterocycles. The summed E-state index contributed by atoms with van der Waals surface area (Å²) < 4.78 is 13.6. The second-order valence-electron chi connectivity index (χ2n) is 18.8. The third-order valence-electron chi connectivity index (χ3n) is 16.0. The first kappa shape index (κ1) is 40.5. The Labute approximate surface area is 397 Å². The van der Waals surface area contributed by atoms with Gasteiger partial charge in [-0.3, -0.25) is 0 Å². The van der Waals surface area contributed by atoms with E-state index >= 15 is 0 Å². The maximum Gasteiger partial charge on any atom is 0.159 e. The molecule has 0 amide bonds. The molecule has 0 saturated carbocycles. The van der Waals surface area contributed by atoms with E-state index < -0.39 is 0 Å². The SMILES string of the molecule is CCC1(CC)c2ccccc2-c2cccc(N(c3cccc(N(c4cccc5c4C(CC)(CC)c4ccccc4-5)c4cccc5oc6ccccc6c45)c3)c3cccc4c3oc3ccccc34)c21. The molecule has 330 valence electrons. The Morgan fingerprint density at radius 3 is 1.40 bits per heavy atom. The summed E-state index contributed by atoms with van der Waals surface area (Å²) in [6.07, 6.45) is 3.90. The summed E-state index contributed by atoms with van der Waals surface area (Å²) in [5.41, 5.74) is 20.5. The Kier molecular flexibility index (Phi) is 9.14. The lowest BCUT2D eigenvalue weighted by Gasteiger charge is -2.37. The number of benzene rings is 9. The van der Waals surface area contributed by atoms with E-state index in [9.17, 15) is 0 Å². The molecule has 0 spiro atoms. The molecule has 0 unspecified atom stereocenters. The van der Waals surface area contributed by atoms with Gasteiger partial charge in [0.25, 0.3) is 0 Å². The molecule has 2 heterocycles. The molecule has 4 nitrogen and oxygen atoms in total. The smallest absolute Gasteiger partial charge is 0.159 e. The maximum absolute atomic E-state index is 6.96. The number of para-hydroxylation sites is 3.